The molecule has 20 heavy (non-hydrogen) atoms. The van der Waals surface area contributed by atoms with Crippen molar-refractivity contribution in [2.45, 2.75) is 24.9 Å². The van der Waals surface area contributed by atoms with Gasteiger partial charge in [0.1, 0.15) is 6.04 Å². The van der Waals surface area contributed by atoms with Crippen LogP contribution in [0.2, 0.25) is 0 Å². The average Bonchev–Trinajstić information content (AvgIpc) is 2.47. The van der Waals surface area contributed by atoms with E-state index in [0.29, 0.717) is 25.3 Å². The molecule has 0 aliphatic heterocycles. The van der Waals surface area contributed by atoms with Crippen LogP contribution < -0.4 is 22.1 Å². The molecule has 2 atom stereocenters. The van der Waals surface area contributed by atoms with Gasteiger partial charge in [-0.25, -0.2) is 4.79 Å². The van der Waals surface area contributed by atoms with Crippen molar-refractivity contribution in [3.05, 3.63) is 0 Å². The molecule has 0 radical (unpaired) electrons. The molecular formula is C11H23N5O3S. The molecule has 0 saturated carbocycles. The van der Waals surface area contributed by atoms with Crippen molar-refractivity contribution in [2.75, 3.05) is 26.5 Å². The Morgan fingerprint density at radius 1 is 1.45 bits per heavy atom. The van der Waals surface area contributed by atoms with E-state index in [-0.39, 0.29) is 5.75 Å². The van der Waals surface area contributed by atoms with E-state index < -0.39 is 24.0 Å². The zero-order valence-corrected chi connectivity index (χ0v) is 12.7. The fraction of sp³-hybridized carbons (Fsp3) is 0.727. The second-order valence-corrected chi connectivity index (χ2v) is 4.42. The second-order valence-electron chi connectivity index (χ2n) is 4.05. The Kier molecular flexibility index (Phi) is 9.56. The number of aliphatic imine (C=N–C) groups is 1. The Labute approximate surface area is 124 Å². The van der Waals surface area contributed by atoms with Crippen LogP contribution in [0.1, 0.15) is 12.8 Å². The van der Waals surface area contributed by atoms with Gasteiger partial charge in [-0.15, -0.1) is 0 Å². The minimum Gasteiger partial charge on any atom is -0.467 e. The minimum atomic E-state index is -0.758. The number of esters is 1. The standard InChI is InChI=1S/C11H23N5O3S/c1-14-11(13)15-5-3-4-8(10(18)19-2)16-9(17)7(12)6-20/h7-8,20H,3-6,12H2,1-2H3,(H,16,17)(H3,13,14,15). The van der Waals surface area contributed by atoms with Gasteiger partial charge in [-0.05, 0) is 12.8 Å². The molecule has 0 aliphatic rings. The number of nitrogens with zero attached hydrogens (tertiary/aromatic N) is 1. The number of hydrogen-bond donors (Lipinski definition) is 5. The maximum Gasteiger partial charge on any atom is 0.328 e. The number of nitrogens with one attached hydrogen (secondary N) is 2. The maximum absolute atomic E-state index is 11.6. The van der Waals surface area contributed by atoms with Crippen molar-refractivity contribution in [1.29, 1.82) is 0 Å². The molecule has 0 aliphatic carbocycles. The summed E-state index contributed by atoms with van der Waals surface area (Å²) in [5.74, 6) is -0.425. The van der Waals surface area contributed by atoms with Gasteiger partial charge in [0.05, 0.1) is 13.2 Å². The van der Waals surface area contributed by atoms with Gasteiger partial charge >= 0.3 is 5.97 Å². The van der Waals surface area contributed by atoms with E-state index in [1.807, 2.05) is 0 Å². The lowest BCUT2D eigenvalue weighted by molar-refractivity contribution is -0.145. The first-order chi connectivity index (χ1) is 9.46. The highest BCUT2D eigenvalue weighted by Gasteiger charge is 2.23. The number of rotatable bonds is 8. The molecule has 6 N–H and O–H groups in total. The molecule has 116 valence electrons. The molecule has 0 aromatic rings. The van der Waals surface area contributed by atoms with Crippen LogP contribution in [-0.2, 0) is 14.3 Å². The Morgan fingerprint density at radius 2 is 2.10 bits per heavy atom. The van der Waals surface area contributed by atoms with Gasteiger partial charge in [0, 0.05) is 19.3 Å². The summed E-state index contributed by atoms with van der Waals surface area (Å²) in [5, 5.41) is 5.40. The molecule has 8 nitrogen and oxygen atoms in total. The van der Waals surface area contributed by atoms with E-state index in [9.17, 15) is 9.59 Å². The van der Waals surface area contributed by atoms with Crippen LogP contribution in [-0.4, -0.2) is 56.4 Å². The van der Waals surface area contributed by atoms with Crippen LogP contribution >= 0.6 is 12.6 Å². The molecule has 0 aromatic heterocycles. The third kappa shape index (κ3) is 7.19. The van der Waals surface area contributed by atoms with Crippen molar-refractivity contribution in [3.8, 4) is 0 Å². The predicted molar refractivity (Wildman–Crippen MR) is 80.6 cm³/mol. The van der Waals surface area contributed by atoms with Crippen LogP contribution in [0, 0.1) is 0 Å². The number of nitrogens with two attached hydrogens (primary N) is 2. The van der Waals surface area contributed by atoms with Crippen LogP contribution in [0.3, 0.4) is 0 Å². The highest BCUT2D eigenvalue weighted by atomic mass is 32.1. The van der Waals surface area contributed by atoms with Gasteiger partial charge in [-0.3, -0.25) is 9.79 Å². The van der Waals surface area contributed by atoms with Crippen LogP contribution in [0.25, 0.3) is 0 Å². The lowest BCUT2D eigenvalue weighted by Gasteiger charge is -2.18. The third-order valence-corrected chi connectivity index (χ3v) is 2.95. The fourth-order valence-corrected chi connectivity index (χ4v) is 1.52. The summed E-state index contributed by atoms with van der Waals surface area (Å²) < 4.78 is 4.64. The van der Waals surface area contributed by atoms with E-state index in [2.05, 4.69) is 33.0 Å². The summed E-state index contributed by atoms with van der Waals surface area (Å²) in [7, 11) is 2.83. The number of carbonyl (C=O) groups excluding carboxylic acids is 2. The van der Waals surface area contributed by atoms with Crippen molar-refractivity contribution < 1.29 is 14.3 Å². The monoisotopic (exact) mass is 305 g/mol. The number of amides is 1. The molecule has 0 spiro atoms. The van der Waals surface area contributed by atoms with Crippen molar-refractivity contribution in [1.82, 2.24) is 10.6 Å². The molecule has 0 aromatic carbocycles. The number of carbonyl (C=O) groups is 2. The van der Waals surface area contributed by atoms with Crippen LogP contribution in [0.4, 0.5) is 0 Å². The lowest BCUT2D eigenvalue weighted by atomic mass is 10.1. The molecule has 0 fully saturated rings. The summed E-state index contributed by atoms with van der Waals surface area (Å²) in [6, 6.07) is -1.49. The number of guanidine groups is 1. The lowest BCUT2D eigenvalue weighted by Crippen LogP contribution is -2.49. The van der Waals surface area contributed by atoms with Crippen molar-refractivity contribution in [3.63, 3.8) is 0 Å². The molecule has 9 heteroatoms. The van der Waals surface area contributed by atoms with Gasteiger partial charge in [0.2, 0.25) is 5.91 Å². The fourth-order valence-electron chi connectivity index (χ4n) is 1.35. The molecule has 2 unspecified atom stereocenters. The van der Waals surface area contributed by atoms with Gasteiger partial charge in [0.25, 0.3) is 0 Å². The average molecular weight is 305 g/mol. The molecular weight excluding hydrogens is 282 g/mol. The Balaban J connectivity index is 4.29. The topological polar surface area (TPSA) is 132 Å². The van der Waals surface area contributed by atoms with Crippen LogP contribution in [0.15, 0.2) is 4.99 Å². The second kappa shape index (κ2) is 10.3. The first kappa shape index (κ1) is 18.5. The summed E-state index contributed by atoms with van der Waals surface area (Å²) in [6.07, 6.45) is 1.01. The molecule has 1 amide bonds. The van der Waals surface area contributed by atoms with Gasteiger partial charge in [-0.2, -0.15) is 12.6 Å². The highest BCUT2D eigenvalue weighted by molar-refractivity contribution is 7.80. The van der Waals surface area contributed by atoms with Gasteiger partial charge in [-0.1, -0.05) is 0 Å². The molecule has 0 heterocycles. The summed E-state index contributed by atoms with van der Waals surface area (Å²) >= 11 is 3.93. The first-order valence-corrected chi connectivity index (χ1v) is 6.80. The zero-order chi connectivity index (χ0) is 15.5. The zero-order valence-electron chi connectivity index (χ0n) is 11.8. The van der Waals surface area contributed by atoms with E-state index in [0.717, 1.165) is 0 Å². The molecule has 0 saturated heterocycles. The Bertz CT molecular complexity index is 351. The van der Waals surface area contributed by atoms with E-state index >= 15 is 0 Å². The van der Waals surface area contributed by atoms with Gasteiger partial charge in [0.15, 0.2) is 5.96 Å². The molecule has 0 bridgehead atoms. The third-order valence-electron chi connectivity index (χ3n) is 2.55. The predicted octanol–water partition coefficient (Wildman–Crippen LogP) is -1.78. The van der Waals surface area contributed by atoms with Crippen molar-refractivity contribution in [2.24, 2.45) is 16.5 Å². The number of ether oxygens (including phenoxy) is 1. The SMILES string of the molecule is CN=C(N)NCCCC(NC(=O)C(N)CS)C(=O)OC. The number of hydrogen-bond acceptors (Lipinski definition) is 6. The maximum atomic E-state index is 11.6. The van der Waals surface area contributed by atoms with E-state index in [1.165, 1.54) is 7.11 Å². The van der Waals surface area contributed by atoms with Crippen molar-refractivity contribution >= 4 is 30.5 Å². The summed E-state index contributed by atoms with van der Waals surface area (Å²) in [4.78, 5) is 27.0. The summed E-state index contributed by atoms with van der Waals surface area (Å²) in [6.45, 7) is 0.533. The normalized spacial score (nSPS) is 14.3. The van der Waals surface area contributed by atoms with E-state index in [1.54, 1.807) is 7.05 Å². The summed E-state index contributed by atoms with van der Waals surface area (Å²) in [5.41, 5.74) is 11.0. The quantitative estimate of drug-likeness (QED) is 0.118. The first-order valence-electron chi connectivity index (χ1n) is 6.17. The largest absolute Gasteiger partial charge is 0.467 e. The smallest absolute Gasteiger partial charge is 0.328 e. The van der Waals surface area contributed by atoms with Crippen LogP contribution in [0.5, 0.6) is 0 Å². The highest BCUT2D eigenvalue weighted by Crippen LogP contribution is 2.00. The van der Waals surface area contributed by atoms with E-state index in [4.69, 9.17) is 11.5 Å². The number of thiol groups is 1. The minimum absolute atomic E-state index is 0.199. The van der Waals surface area contributed by atoms with Gasteiger partial charge < -0.3 is 26.8 Å². The Hall–Kier alpha value is -1.48. The number of methoxy groups -OCH3 is 1. The Morgan fingerprint density at radius 3 is 2.60 bits per heavy atom. The molecule has 0 rings (SSSR count).